The number of esters is 1. The number of carbonyl (C=O) groups is 1. The minimum absolute atomic E-state index is 0.220. The van der Waals surface area contributed by atoms with E-state index in [0.29, 0.717) is 0 Å². The van der Waals surface area contributed by atoms with Crippen molar-refractivity contribution in [2.24, 2.45) is 11.7 Å². The maximum atomic E-state index is 11.0. The Kier molecular flexibility index (Phi) is 5.72. The lowest BCUT2D eigenvalue weighted by Crippen LogP contribution is -2.37. The number of hydrogen-bond acceptors (Lipinski definition) is 3. The number of carbonyl (C=O) groups excluding carboxylic acids is 1. The first-order valence-electron chi connectivity index (χ1n) is 4.46. The largest absolute Gasteiger partial charge is 0.468 e. The van der Waals surface area contributed by atoms with Crippen molar-refractivity contribution in [2.75, 3.05) is 7.11 Å². The Morgan fingerprint density at radius 1 is 1.58 bits per heavy atom. The summed E-state index contributed by atoms with van der Waals surface area (Å²) in [5.74, 6) is -0.0870. The number of nitrogens with two attached hydrogens (primary N) is 1. The standard InChI is InChI=1S/C9H19NO2/c1-4-5-6-7(2)8(10)9(11)12-3/h7-8H,4-6,10H2,1-3H3/t7-,8-/m0/s1. The summed E-state index contributed by atoms with van der Waals surface area (Å²) >= 11 is 0. The molecule has 0 rings (SSSR count). The van der Waals surface area contributed by atoms with E-state index in [1.807, 2.05) is 6.92 Å². The summed E-state index contributed by atoms with van der Waals surface area (Å²) in [5.41, 5.74) is 5.64. The maximum absolute atomic E-state index is 11.0. The second-order valence-corrected chi connectivity index (χ2v) is 3.17. The summed E-state index contributed by atoms with van der Waals surface area (Å²) in [6.07, 6.45) is 3.25. The van der Waals surface area contributed by atoms with Crippen molar-refractivity contribution in [1.29, 1.82) is 0 Å². The normalized spacial score (nSPS) is 15.3. The summed E-state index contributed by atoms with van der Waals surface area (Å²) in [5, 5.41) is 0. The summed E-state index contributed by atoms with van der Waals surface area (Å²) in [4.78, 5) is 11.0. The van der Waals surface area contributed by atoms with E-state index in [0.717, 1.165) is 19.3 Å². The van der Waals surface area contributed by atoms with Gasteiger partial charge in [-0.3, -0.25) is 4.79 Å². The molecule has 0 aliphatic heterocycles. The molecule has 0 bridgehead atoms. The highest BCUT2D eigenvalue weighted by Crippen LogP contribution is 2.11. The third kappa shape index (κ3) is 3.72. The topological polar surface area (TPSA) is 52.3 Å². The predicted molar refractivity (Wildman–Crippen MR) is 48.7 cm³/mol. The molecule has 0 radical (unpaired) electrons. The smallest absolute Gasteiger partial charge is 0.322 e. The molecule has 0 aromatic carbocycles. The van der Waals surface area contributed by atoms with E-state index in [9.17, 15) is 4.79 Å². The van der Waals surface area contributed by atoms with Crippen LogP contribution >= 0.6 is 0 Å². The van der Waals surface area contributed by atoms with Gasteiger partial charge in [0.2, 0.25) is 0 Å². The van der Waals surface area contributed by atoms with Gasteiger partial charge in [-0.2, -0.15) is 0 Å². The van der Waals surface area contributed by atoms with Gasteiger partial charge in [0.05, 0.1) is 7.11 Å². The highest BCUT2D eigenvalue weighted by atomic mass is 16.5. The minimum Gasteiger partial charge on any atom is -0.468 e. The Hall–Kier alpha value is -0.570. The fraction of sp³-hybridized carbons (Fsp3) is 0.889. The molecule has 3 heteroatoms. The molecule has 0 unspecified atom stereocenters. The Morgan fingerprint density at radius 3 is 2.58 bits per heavy atom. The van der Waals surface area contributed by atoms with Crippen LogP contribution in [0.1, 0.15) is 33.1 Å². The maximum Gasteiger partial charge on any atom is 0.322 e. The summed E-state index contributed by atoms with van der Waals surface area (Å²) in [6.45, 7) is 4.10. The van der Waals surface area contributed by atoms with Gasteiger partial charge in [-0.05, 0) is 12.3 Å². The van der Waals surface area contributed by atoms with Crippen LogP contribution in [-0.4, -0.2) is 19.1 Å². The Balaban J connectivity index is 3.75. The van der Waals surface area contributed by atoms with Gasteiger partial charge in [-0.15, -0.1) is 0 Å². The molecule has 0 fully saturated rings. The van der Waals surface area contributed by atoms with Crippen molar-refractivity contribution in [3.8, 4) is 0 Å². The van der Waals surface area contributed by atoms with Crippen molar-refractivity contribution in [3.63, 3.8) is 0 Å². The number of ether oxygens (including phenoxy) is 1. The zero-order valence-electron chi connectivity index (χ0n) is 8.17. The number of hydrogen-bond donors (Lipinski definition) is 1. The molecule has 2 N–H and O–H groups in total. The first-order chi connectivity index (χ1) is 5.63. The molecule has 72 valence electrons. The van der Waals surface area contributed by atoms with Gasteiger partial charge < -0.3 is 10.5 Å². The van der Waals surface area contributed by atoms with Gasteiger partial charge in [0.15, 0.2) is 0 Å². The molecule has 0 saturated carbocycles. The molecule has 0 aliphatic rings. The molecule has 0 amide bonds. The van der Waals surface area contributed by atoms with Gasteiger partial charge in [-0.1, -0.05) is 26.7 Å². The fourth-order valence-corrected chi connectivity index (χ4v) is 1.07. The Morgan fingerprint density at radius 2 is 2.17 bits per heavy atom. The second kappa shape index (κ2) is 6.00. The molecule has 0 saturated heterocycles. The van der Waals surface area contributed by atoms with Crippen molar-refractivity contribution < 1.29 is 9.53 Å². The van der Waals surface area contributed by atoms with Crippen molar-refractivity contribution >= 4 is 5.97 Å². The molecule has 2 atom stereocenters. The van der Waals surface area contributed by atoms with E-state index >= 15 is 0 Å². The summed E-state index contributed by atoms with van der Waals surface area (Å²) < 4.78 is 4.55. The average molecular weight is 173 g/mol. The minimum atomic E-state index is -0.457. The zero-order chi connectivity index (χ0) is 9.56. The summed E-state index contributed by atoms with van der Waals surface area (Å²) in [6, 6.07) is -0.457. The van der Waals surface area contributed by atoms with Gasteiger partial charge in [0.25, 0.3) is 0 Å². The quantitative estimate of drug-likeness (QED) is 0.638. The first kappa shape index (κ1) is 11.4. The van der Waals surface area contributed by atoms with E-state index < -0.39 is 6.04 Å². The van der Waals surface area contributed by atoms with Crippen LogP contribution in [0.3, 0.4) is 0 Å². The van der Waals surface area contributed by atoms with Crippen molar-refractivity contribution in [3.05, 3.63) is 0 Å². The third-order valence-corrected chi connectivity index (χ3v) is 2.10. The van der Waals surface area contributed by atoms with E-state index in [-0.39, 0.29) is 11.9 Å². The van der Waals surface area contributed by atoms with Gasteiger partial charge in [0.1, 0.15) is 6.04 Å². The van der Waals surface area contributed by atoms with E-state index in [1.165, 1.54) is 7.11 Å². The molecule has 0 heterocycles. The van der Waals surface area contributed by atoms with Gasteiger partial charge in [-0.25, -0.2) is 0 Å². The Labute approximate surface area is 74.3 Å². The number of rotatable bonds is 5. The van der Waals surface area contributed by atoms with E-state index in [2.05, 4.69) is 11.7 Å². The lowest BCUT2D eigenvalue weighted by molar-refractivity contribution is -0.143. The molecular weight excluding hydrogens is 154 g/mol. The molecule has 12 heavy (non-hydrogen) atoms. The molecule has 3 nitrogen and oxygen atoms in total. The number of unbranched alkanes of at least 4 members (excludes halogenated alkanes) is 1. The van der Waals surface area contributed by atoms with Crippen LogP contribution in [0.5, 0.6) is 0 Å². The zero-order valence-corrected chi connectivity index (χ0v) is 8.17. The van der Waals surface area contributed by atoms with Crippen molar-refractivity contribution in [1.82, 2.24) is 0 Å². The van der Waals surface area contributed by atoms with Gasteiger partial charge >= 0.3 is 5.97 Å². The number of methoxy groups -OCH3 is 1. The third-order valence-electron chi connectivity index (χ3n) is 2.10. The Bertz CT molecular complexity index is 136. The lowest BCUT2D eigenvalue weighted by atomic mass is 9.97. The molecular formula is C9H19NO2. The van der Waals surface area contributed by atoms with Crippen LogP contribution < -0.4 is 5.73 Å². The monoisotopic (exact) mass is 173 g/mol. The fourth-order valence-electron chi connectivity index (χ4n) is 1.07. The van der Waals surface area contributed by atoms with Crippen LogP contribution in [0.4, 0.5) is 0 Å². The van der Waals surface area contributed by atoms with Crippen LogP contribution in [0, 0.1) is 5.92 Å². The van der Waals surface area contributed by atoms with Crippen LogP contribution in [0.15, 0.2) is 0 Å². The molecule has 0 aromatic rings. The highest BCUT2D eigenvalue weighted by molar-refractivity contribution is 5.75. The SMILES string of the molecule is CCCC[C@H](C)[C@H](N)C(=O)OC. The van der Waals surface area contributed by atoms with Crippen LogP contribution in [0.25, 0.3) is 0 Å². The molecule has 0 aliphatic carbocycles. The second-order valence-electron chi connectivity index (χ2n) is 3.17. The average Bonchev–Trinajstić information content (AvgIpc) is 2.11. The van der Waals surface area contributed by atoms with Gasteiger partial charge in [0, 0.05) is 0 Å². The predicted octanol–water partition coefficient (Wildman–Crippen LogP) is 1.31. The van der Waals surface area contributed by atoms with Crippen molar-refractivity contribution in [2.45, 2.75) is 39.2 Å². The lowest BCUT2D eigenvalue weighted by Gasteiger charge is -2.16. The van der Waals surface area contributed by atoms with E-state index in [4.69, 9.17) is 5.73 Å². The molecule has 0 aromatic heterocycles. The van der Waals surface area contributed by atoms with E-state index in [1.54, 1.807) is 0 Å². The summed E-state index contributed by atoms with van der Waals surface area (Å²) in [7, 11) is 1.37. The van der Waals surface area contributed by atoms with Crippen LogP contribution in [0.2, 0.25) is 0 Å². The first-order valence-corrected chi connectivity index (χ1v) is 4.46. The van der Waals surface area contributed by atoms with Crippen LogP contribution in [-0.2, 0) is 9.53 Å². The molecule has 0 spiro atoms. The highest BCUT2D eigenvalue weighted by Gasteiger charge is 2.20.